The molecular weight excluding hydrogens is 352 g/mol. The smallest absolute Gasteiger partial charge is 0.191 e. The van der Waals surface area contributed by atoms with Gasteiger partial charge in [0.2, 0.25) is 0 Å². The molecule has 0 aliphatic carbocycles. The van der Waals surface area contributed by atoms with E-state index >= 15 is 0 Å². The summed E-state index contributed by atoms with van der Waals surface area (Å²) in [5.41, 5.74) is 2.60. The molecule has 1 aromatic carbocycles. The zero-order valence-corrected chi connectivity index (χ0v) is 17.8. The van der Waals surface area contributed by atoms with Crippen LogP contribution in [0.3, 0.4) is 0 Å². The van der Waals surface area contributed by atoms with E-state index in [1.807, 2.05) is 25.5 Å². The van der Waals surface area contributed by atoms with E-state index in [9.17, 15) is 0 Å². The summed E-state index contributed by atoms with van der Waals surface area (Å²) >= 11 is 0. The highest BCUT2D eigenvalue weighted by atomic mass is 16.5. The summed E-state index contributed by atoms with van der Waals surface area (Å²) in [6.07, 6.45) is 0.936. The van der Waals surface area contributed by atoms with Gasteiger partial charge in [-0.2, -0.15) is 0 Å². The number of ether oxygens (including phenoxy) is 1. The molecule has 0 radical (unpaired) electrons. The fourth-order valence-corrected chi connectivity index (χ4v) is 2.70. The average molecular weight is 387 g/mol. The van der Waals surface area contributed by atoms with Crippen LogP contribution in [0, 0.1) is 13.8 Å². The van der Waals surface area contributed by atoms with Crippen LogP contribution in [0.4, 0.5) is 0 Å². The number of nitrogens with one attached hydrogen (secondary N) is 2. The van der Waals surface area contributed by atoms with Gasteiger partial charge in [-0.1, -0.05) is 36.8 Å². The highest BCUT2D eigenvalue weighted by Crippen LogP contribution is 2.14. The van der Waals surface area contributed by atoms with Crippen molar-refractivity contribution in [2.75, 3.05) is 26.3 Å². The molecular formula is C21H34N6O. The lowest BCUT2D eigenvalue weighted by atomic mass is 10.0. The predicted octanol–water partition coefficient (Wildman–Crippen LogP) is 2.70. The first-order chi connectivity index (χ1) is 13.5. The molecule has 2 rings (SSSR count). The number of rotatable bonds is 10. The number of benzene rings is 1. The molecule has 0 spiro atoms. The zero-order valence-electron chi connectivity index (χ0n) is 17.8. The normalized spacial score (nSPS) is 12.8. The second-order valence-corrected chi connectivity index (χ2v) is 7.06. The van der Waals surface area contributed by atoms with Crippen molar-refractivity contribution in [1.82, 2.24) is 25.4 Å². The van der Waals surface area contributed by atoms with Crippen LogP contribution < -0.4 is 10.6 Å². The molecule has 0 amide bonds. The average Bonchev–Trinajstić information content (AvgIpc) is 3.01. The number of aliphatic imine (C=N–C) groups is 1. The van der Waals surface area contributed by atoms with Crippen molar-refractivity contribution >= 4 is 5.96 Å². The summed E-state index contributed by atoms with van der Waals surface area (Å²) in [5.74, 6) is 2.90. The summed E-state index contributed by atoms with van der Waals surface area (Å²) in [6, 6.07) is 8.69. The molecule has 154 valence electrons. The minimum atomic E-state index is 0.382. The molecule has 7 nitrogen and oxygen atoms in total. The van der Waals surface area contributed by atoms with E-state index < -0.39 is 0 Å². The van der Waals surface area contributed by atoms with Gasteiger partial charge in [-0.15, -0.1) is 10.2 Å². The Labute approximate surface area is 168 Å². The molecule has 2 aromatic rings. The van der Waals surface area contributed by atoms with Gasteiger partial charge in [0.1, 0.15) is 12.4 Å². The number of hydrogen-bond donors (Lipinski definition) is 2. The van der Waals surface area contributed by atoms with Gasteiger partial charge >= 0.3 is 0 Å². The number of nitrogens with zero attached hydrogens (tertiary/aromatic N) is 4. The van der Waals surface area contributed by atoms with E-state index in [-0.39, 0.29) is 0 Å². The summed E-state index contributed by atoms with van der Waals surface area (Å²) in [4.78, 5) is 4.70. The van der Waals surface area contributed by atoms with Gasteiger partial charge in [0.05, 0.1) is 0 Å². The van der Waals surface area contributed by atoms with Crippen molar-refractivity contribution in [2.24, 2.45) is 12.0 Å². The molecule has 0 fully saturated rings. The third-order valence-electron chi connectivity index (χ3n) is 4.75. The Bertz CT molecular complexity index is 738. The Balaban J connectivity index is 1.95. The Morgan fingerprint density at radius 1 is 1.18 bits per heavy atom. The molecule has 0 saturated carbocycles. The lowest BCUT2D eigenvalue weighted by Gasteiger charge is -2.17. The van der Waals surface area contributed by atoms with Gasteiger partial charge in [-0.05, 0) is 38.7 Å². The zero-order chi connectivity index (χ0) is 20.4. The van der Waals surface area contributed by atoms with E-state index in [0.29, 0.717) is 12.5 Å². The summed E-state index contributed by atoms with van der Waals surface area (Å²) in [6.45, 7) is 11.9. The molecule has 1 heterocycles. The third-order valence-corrected chi connectivity index (χ3v) is 4.75. The molecule has 2 N–H and O–H groups in total. The first kappa shape index (κ1) is 21.9. The second-order valence-electron chi connectivity index (χ2n) is 7.06. The maximum Gasteiger partial charge on any atom is 0.191 e. The van der Waals surface area contributed by atoms with Crippen LogP contribution in [0.5, 0.6) is 0 Å². The quantitative estimate of drug-likeness (QED) is 0.373. The highest BCUT2D eigenvalue weighted by molar-refractivity contribution is 5.79. The Hall–Kier alpha value is -2.41. The van der Waals surface area contributed by atoms with Crippen molar-refractivity contribution in [3.05, 3.63) is 47.0 Å². The minimum absolute atomic E-state index is 0.382. The molecule has 1 unspecified atom stereocenters. The monoisotopic (exact) mass is 386 g/mol. The van der Waals surface area contributed by atoms with Crippen molar-refractivity contribution < 1.29 is 4.74 Å². The van der Waals surface area contributed by atoms with Crippen LogP contribution in [-0.4, -0.2) is 47.0 Å². The Morgan fingerprint density at radius 2 is 1.93 bits per heavy atom. The second kappa shape index (κ2) is 11.4. The topological polar surface area (TPSA) is 76.4 Å². The van der Waals surface area contributed by atoms with Gasteiger partial charge < -0.3 is 19.9 Å². The van der Waals surface area contributed by atoms with E-state index in [4.69, 9.17) is 9.73 Å². The van der Waals surface area contributed by atoms with Gasteiger partial charge in [0.15, 0.2) is 11.8 Å². The minimum Gasteiger partial charge on any atom is -0.382 e. The standard InChI is InChI=1S/C21H34N6O/c1-6-28-13-7-12-22-21(24-15-20-26-25-18(4)27(20)5)23-14-17(3)19-10-8-16(2)9-11-19/h8-11,17H,6-7,12-15H2,1-5H3,(H2,22,23,24). The van der Waals surface area contributed by atoms with Crippen molar-refractivity contribution in [1.29, 1.82) is 0 Å². The molecule has 1 atom stereocenters. The molecule has 0 aliphatic heterocycles. The van der Waals surface area contributed by atoms with Gasteiger partial charge in [0, 0.05) is 33.4 Å². The highest BCUT2D eigenvalue weighted by Gasteiger charge is 2.08. The SMILES string of the molecule is CCOCCCNC(=NCc1nnc(C)n1C)NCC(C)c1ccc(C)cc1. The van der Waals surface area contributed by atoms with Crippen LogP contribution in [0.2, 0.25) is 0 Å². The maximum atomic E-state index is 5.41. The number of hydrogen-bond acceptors (Lipinski definition) is 4. The van der Waals surface area contributed by atoms with E-state index in [0.717, 1.165) is 50.3 Å². The van der Waals surface area contributed by atoms with Crippen LogP contribution in [0.1, 0.15) is 49.0 Å². The predicted molar refractivity (Wildman–Crippen MR) is 114 cm³/mol. The Morgan fingerprint density at radius 3 is 2.57 bits per heavy atom. The molecule has 0 aliphatic rings. The number of guanidine groups is 1. The van der Waals surface area contributed by atoms with Crippen molar-refractivity contribution in [3.8, 4) is 0 Å². The molecule has 7 heteroatoms. The maximum absolute atomic E-state index is 5.41. The lowest BCUT2D eigenvalue weighted by molar-refractivity contribution is 0.145. The number of aryl methyl sites for hydroxylation is 2. The summed E-state index contributed by atoms with van der Waals surface area (Å²) < 4.78 is 7.37. The van der Waals surface area contributed by atoms with Crippen LogP contribution in [-0.2, 0) is 18.3 Å². The fraction of sp³-hybridized carbons (Fsp3) is 0.571. The summed E-state index contributed by atoms with van der Waals surface area (Å²) in [7, 11) is 1.96. The van der Waals surface area contributed by atoms with Gasteiger partial charge in [-0.25, -0.2) is 4.99 Å². The van der Waals surface area contributed by atoms with Crippen LogP contribution in [0.15, 0.2) is 29.3 Å². The first-order valence-corrected chi connectivity index (χ1v) is 10.0. The van der Waals surface area contributed by atoms with Crippen molar-refractivity contribution in [3.63, 3.8) is 0 Å². The lowest BCUT2D eigenvalue weighted by Crippen LogP contribution is -2.40. The first-order valence-electron chi connectivity index (χ1n) is 10.0. The fourth-order valence-electron chi connectivity index (χ4n) is 2.70. The van der Waals surface area contributed by atoms with E-state index in [1.165, 1.54) is 11.1 Å². The molecule has 1 aromatic heterocycles. The molecule has 0 saturated heterocycles. The molecule has 28 heavy (non-hydrogen) atoms. The third kappa shape index (κ3) is 6.96. The summed E-state index contributed by atoms with van der Waals surface area (Å²) in [5, 5.41) is 15.1. The van der Waals surface area contributed by atoms with E-state index in [2.05, 4.69) is 58.9 Å². The van der Waals surface area contributed by atoms with Gasteiger partial charge in [0.25, 0.3) is 0 Å². The van der Waals surface area contributed by atoms with Crippen LogP contribution >= 0.6 is 0 Å². The molecule has 0 bridgehead atoms. The van der Waals surface area contributed by atoms with E-state index in [1.54, 1.807) is 0 Å². The Kier molecular flexibility index (Phi) is 8.94. The largest absolute Gasteiger partial charge is 0.382 e. The van der Waals surface area contributed by atoms with Crippen molar-refractivity contribution in [2.45, 2.75) is 46.6 Å². The van der Waals surface area contributed by atoms with Crippen LogP contribution in [0.25, 0.3) is 0 Å². The number of aromatic nitrogens is 3. The van der Waals surface area contributed by atoms with Gasteiger partial charge in [-0.3, -0.25) is 0 Å².